The molecule has 2 saturated heterocycles. The lowest BCUT2D eigenvalue weighted by atomic mass is 9.83. The average Bonchev–Trinajstić information content (AvgIpc) is 3.01. The first-order chi connectivity index (χ1) is 12.7. The predicted octanol–water partition coefficient (Wildman–Crippen LogP) is 3.49. The summed E-state index contributed by atoms with van der Waals surface area (Å²) in [5, 5.41) is 4.51. The fourth-order valence-electron chi connectivity index (χ4n) is 5.02. The number of hydrogen-bond acceptors (Lipinski definition) is 2. The normalized spacial score (nSPS) is 23.7. The van der Waals surface area contributed by atoms with Gasteiger partial charge in [0.25, 0.3) is 0 Å². The van der Waals surface area contributed by atoms with Crippen LogP contribution in [0.2, 0.25) is 0 Å². The Morgan fingerprint density at radius 3 is 2.92 bits per heavy atom. The van der Waals surface area contributed by atoms with Crippen molar-refractivity contribution in [2.24, 2.45) is 13.0 Å². The molecule has 2 fully saturated rings. The molecule has 2 aromatic rings. The predicted molar refractivity (Wildman–Crippen MR) is 106 cm³/mol. The summed E-state index contributed by atoms with van der Waals surface area (Å²) in [5.41, 5.74) is 2.51. The Morgan fingerprint density at radius 1 is 1.15 bits per heavy atom. The molecule has 0 spiro atoms. The number of aromatic nitrogens is 1. The highest BCUT2D eigenvalue weighted by atomic mass is 16.1. The van der Waals surface area contributed by atoms with Crippen LogP contribution < -0.4 is 5.32 Å². The molecule has 1 aromatic carbocycles. The molecular weight excluding hydrogens is 322 g/mol. The van der Waals surface area contributed by atoms with Crippen LogP contribution in [0.15, 0.2) is 30.5 Å². The Bertz CT molecular complexity index is 764. The van der Waals surface area contributed by atoms with E-state index in [0.717, 1.165) is 13.0 Å². The molecule has 4 rings (SSSR count). The second kappa shape index (κ2) is 7.83. The maximum Gasteiger partial charge on any atom is 0.220 e. The Kier molecular flexibility index (Phi) is 5.30. The van der Waals surface area contributed by atoms with E-state index in [-0.39, 0.29) is 5.91 Å². The number of carbonyl (C=O) groups excluding carboxylic acids is 1. The Hall–Kier alpha value is -1.81. The van der Waals surface area contributed by atoms with Crippen molar-refractivity contribution in [2.45, 2.75) is 51.0 Å². The fourth-order valence-corrected chi connectivity index (χ4v) is 5.02. The number of rotatable bonds is 5. The molecule has 0 bridgehead atoms. The van der Waals surface area contributed by atoms with E-state index in [4.69, 9.17) is 0 Å². The number of amides is 1. The lowest BCUT2D eigenvalue weighted by Gasteiger charge is -2.44. The summed E-state index contributed by atoms with van der Waals surface area (Å²) >= 11 is 0. The van der Waals surface area contributed by atoms with Crippen molar-refractivity contribution < 1.29 is 4.79 Å². The molecule has 26 heavy (non-hydrogen) atoms. The molecule has 2 aliphatic rings. The average molecular weight is 354 g/mol. The van der Waals surface area contributed by atoms with Gasteiger partial charge in [-0.3, -0.25) is 4.79 Å². The number of benzene rings is 1. The fraction of sp³-hybridized carbons (Fsp3) is 0.591. The van der Waals surface area contributed by atoms with Crippen molar-refractivity contribution in [1.82, 2.24) is 14.8 Å². The Labute approximate surface area is 156 Å². The van der Waals surface area contributed by atoms with Gasteiger partial charge in [-0.1, -0.05) is 24.6 Å². The first kappa shape index (κ1) is 17.6. The number of aryl methyl sites for hydroxylation is 2. The SMILES string of the molecule is Cn1cc(CCC(=O)NC[C@H]2CCCN3CCCC[C@@H]23)c2ccccc21. The van der Waals surface area contributed by atoms with E-state index in [9.17, 15) is 4.79 Å². The summed E-state index contributed by atoms with van der Waals surface area (Å²) in [6, 6.07) is 9.14. The Morgan fingerprint density at radius 2 is 2.00 bits per heavy atom. The zero-order valence-corrected chi connectivity index (χ0v) is 15.9. The molecule has 0 unspecified atom stereocenters. The van der Waals surface area contributed by atoms with Gasteiger partial charge in [-0.05, 0) is 62.7 Å². The van der Waals surface area contributed by atoms with Gasteiger partial charge in [-0.25, -0.2) is 0 Å². The molecular formula is C22H31N3O. The second-order valence-electron chi connectivity index (χ2n) is 8.09. The molecule has 1 aromatic heterocycles. The number of nitrogens with one attached hydrogen (secondary N) is 1. The van der Waals surface area contributed by atoms with Crippen LogP contribution in [-0.4, -0.2) is 41.1 Å². The molecule has 4 nitrogen and oxygen atoms in total. The summed E-state index contributed by atoms with van der Waals surface area (Å²) in [5.74, 6) is 0.844. The molecule has 3 heterocycles. The maximum atomic E-state index is 12.4. The first-order valence-electron chi connectivity index (χ1n) is 10.3. The van der Waals surface area contributed by atoms with E-state index in [1.807, 2.05) is 0 Å². The van der Waals surface area contributed by atoms with Gasteiger partial charge < -0.3 is 14.8 Å². The molecule has 1 amide bonds. The third-order valence-electron chi connectivity index (χ3n) is 6.39. The topological polar surface area (TPSA) is 37.3 Å². The van der Waals surface area contributed by atoms with Crippen molar-refractivity contribution in [2.75, 3.05) is 19.6 Å². The number of nitrogens with zero attached hydrogens (tertiary/aromatic N) is 2. The molecule has 0 radical (unpaired) electrons. The van der Waals surface area contributed by atoms with Crippen LogP contribution in [0, 0.1) is 5.92 Å². The summed E-state index contributed by atoms with van der Waals surface area (Å²) in [4.78, 5) is 15.1. The van der Waals surface area contributed by atoms with E-state index in [1.165, 1.54) is 61.7 Å². The van der Waals surface area contributed by atoms with Gasteiger partial charge in [-0.2, -0.15) is 0 Å². The second-order valence-corrected chi connectivity index (χ2v) is 8.09. The van der Waals surface area contributed by atoms with Crippen molar-refractivity contribution in [3.8, 4) is 0 Å². The van der Waals surface area contributed by atoms with Crippen LogP contribution in [0.25, 0.3) is 10.9 Å². The zero-order valence-electron chi connectivity index (χ0n) is 15.9. The minimum absolute atomic E-state index is 0.200. The summed E-state index contributed by atoms with van der Waals surface area (Å²) < 4.78 is 2.16. The molecule has 2 aliphatic heterocycles. The number of para-hydroxylation sites is 1. The number of piperidine rings is 2. The lowest BCUT2D eigenvalue weighted by molar-refractivity contribution is -0.121. The molecule has 140 valence electrons. The Balaban J connectivity index is 1.30. The lowest BCUT2D eigenvalue weighted by Crippen LogP contribution is -2.51. The number of hydrogen-bond donors (Lipinski definition) is 1. The van der Waals surface area contributed by atoms with Crippen LogP contribution in [0.5, 0.6) is 0 Å². The molecule has 2 atom stereocenters. The van der Waals surface area contributed by atoms with Gasteiger partial charge in [0.2, 0.25) is 5.91 Å². The van der Waals surface area contributed by atoms with Crippen LogP contribution in [0.3, 0.4) is 0 Å². The van der Waals surface area contributed by atoms with Crippen molar-refractivity contribution in [1.29, 1.82) is 0 Å². The molecule has 4 heteroatoms. The summed E-state index contributed by atoms with van der Waals surface area (Å²) in [7, 11) is 2.07. The molecule has 0 saturated carbocycles. The van der Waals surface area contributed by atoms with E-state index in [1.54, 1.807) is 0 Å². The van der Waals surface area contributed by atoms with E-state index in [2.05, 4.69) is 52.3 Å². The number of fused-ring (bicyclic) bond motifs is 2. The quantitative estimate of drug-likeness (QED) is 0.893. The van der Waals surface area contributed by atoms with Gasteiger partial charge in [-0.15, -0.1) is 0 Å². The highest BCUT2D eigenvalue weighted by molar-refractivity contribution is 5.84. The third kappa shape index (κ3) is 3.66. The van der Waals surface area contributed by atoms with Crippen molar-refractivity contribution in [3.63, 3.8) is 0 Å². The van der Waals surface area contributed by atoms with E-state index < -0.39 is 0 Å². The highest BCUT2D eigenvalue weighted by Gasteiger charge is 2.32. The standard InChI is InChI=1S/C22H31N3O/c1-24-16-18(19-8-2-3-10-21(19)24)11-12-22(26)23-15-17-7-6-14-25-13-5-4-9-20(17)25/h2-3,8,10,16-17,20H,4-7,9,11-15H2,1H3,(H,23,26)/t17-,20+/m1/s1. The van der Waals surface area contributed by atoms with Crippen LogP contribution in [-0.2, 0) is 18.3 Å². The maximum absolute atomic E-state index is 12.4. The monoisotopic (exact) mass is 353 g/mol. The largest absolute Gasteiger partial charge is 0.356 e. The smallest absolute Gasteiger partial charge is 0.220 e. The van der Waals surface area contributed by atoms with Gasteiger partial charge in [0.1, 0.15) is 0 Å². The number of carbonyl (C=O) groups is 1. The minimum atomic E-state index is 0.200. The van der Waals surface area contributed by atoms with Crippen molar-refractivity contribution in [3.05, 3.63) is 36.0 Å². The van der Waals surface area contributed by atoms with Gasteiger partial charge in [0.15, 0.2) is 0 Å². The van der Waals surface area contributed by atoms with Crippen molar-refractivity contribution >= 4 is 16.8 Å². The van der Waals surface area contributed by atoms with Crippen LogP contribution >= 0.6 is 0 Å². The van der Waals surface area contributed by atoms with E-state index in [0.29, 0.717) is 18.4 Å². The van der Waals surface area contributed by atoms with Crippen LogP contribution in [0.4, 0.5) is 0 Å². The first-order valence-corrected chi connectivity index (χ1v) is 10.3. The van der Waals surface area contributed by atoms with Crippen LogP contribution in [0.1, 0.15) is 44.1 Å². The van der Waals surface area contributed by atoms with E-state index >= 15 is 0 Å². The zero-order chi connectivity index (χ0) is 17.9. The minimum Gasteiger partial charge on any atom is -0.356 e. The summed E-state index contributed by atoms with van der Waals surface area (Å²) in [6.45, 7) is 3.38. The molecule has 0 aliphatic carbocycles. The summed E-state index contributed by atoms with van der Waals surface area (Å²) in [6.07, 6.45) is 10.1. The van der Waals surface area contributed by atoms with Gasteiger partial charge in [0, 0.05) is 43.2 Å². The highest BCUT2D eigenvalue weighted by Crippen LogP contribution is 2.30. The molecule has 1 N–H and O–H groups in total. The van der Waals surface area contributed by atoms with Gasteiger partial charge >= 0.3 is 0 Å². The third-order valence-corrected chi connectivity index (χ3v) is 6.39. The van der Waals surface area contributed by atoms with Gasteiger partial charge in [0.05, 0.1) is 0 Å².